The highest BCUT2D eigenvalue weighted by Crippen LogP contribution is 2.25. The van der Waals surface area contributed by atoms with E-state index in [4.69, 9.17) is 23.2 Å². The smallest absolute Gasteiger partial charge is 0.316 e. The quantitative estimate of drug-likeness (QED) is 0.711. The van der Waals surface area contributed by atoms with E-state index in [1.165, 1.54) is 18.2 Å². The van der Waals surface area contributed by atoms with E-state index in [2.05, 4.69) is 16.0 Å². The van der Waals surface area contributed by atoms with Crippen molar-refractivity contribution < 1.29 is 14.4 Å². The number of piperidine rings is 1. The monoisotopic (exact) mass is 343 g/mol. The van der Waals surface area contributed by atoms with Crippen molar-refractivity contribution in [1.82, 2.24) is 10.6 Å². The number of amides is 3. The standard InChI is InChI=1S/C14H15Cl2N3O3/c15-9-1-2-11(10(16)7-9)18-13(21)14(22)19-12(20)8-3-5-17-6-4-8/h1-2,7-8,17H,3-6H2,(H,18,21)(H,19,20,22). The second-order valence-corrected chi connectivity index (χ2v) is 5.76. The summed E-state index contributed by atoms with van der Waals surface area (Å²) in [6, 6.07) is 4.45. The molecule has 0 atom stereocenters. The highest BCUT2D eigenvalue weighted by Gasteiger charge is 2.25. The van der Waals surface area contributed by atoms with Gasteiger partial charge in [-0.1, -0.05) is 23.2 Å². The number of carbonyl (C=O) groups is 3. The second-order valence-electron chi connectivity index (χ2n) is 4.92. The van der Waals surface area contributed by atoms with E-state index in [0.717, 1.165) is 13.1 Å². The third kappa shape index (κ3) is 4.43. The normalized spacial score (nSPS) is 15.2. The predicted octanol–water partition coefficient (Wildman–Crippen LogP) is 1.57. The molecule has 8 heteroatoms. The fourth-order valence-corrected chi connectivity index (χ4v) is 2.58. The van der Waals surface area contributed by atoms with Crippen LogP contribution >= 0.6 is 23.2 Å². The minimum Gasteiger partial charge on any atom is -0.317 e. The van der Waals surface area contributed by atoms with Crippen LogP contribution in [0.1, 0.15) is 12.8 Å². The number of halogens is 2. The number of hydrogen-bond donors (Lipinski definition) is 3. The first-order chi connectivity index (χ1) is 10.5. The summed E-state index contributed by atoms with van der Waals surface area (Å²) in [5.74, 6) is -2.64. The maximum absolute atomic E-state index is 11.9. The zero-order valence-corrected chi connectivity index (χ0v) is 13.1. The Morgan fingerprint density at radius 2 is 1.77 bits per heavy atom. The molecule has 22 heavy (non-hydrogen) atoms. The topological polar surface area (TPSA) is 87.3 Å². The Bertz CT molecular complexity index is 601. The molecule has 0 spiro atoms. The SMILES string of the molecule is O=C(NC(=O)C1CCNCC1)C(=O)Nc1ccc(Cl)cc1Cl. The third-order valence-corrected chi connectivity index (χ3v) is 3.88. The number of hydrogen-bond acceptors (Lipinski definition) is 4. The summed E-state index contributed by atoms with van der Waals surface area (Å²) in [6.07, 6.45) is 1.29. The zero-order valence-electron chi connectivity index (χ0n) is 11.6. The van der Waals surface area contributed by atoms with Crippen molar-refractivity contribution in [1.29, 1.82) is 0 Å². The molecule has 0 aromatic heterocycles. The highest BCUT2D eigenvalue weighted by atomic mass is 35.5. The van der Waals surface area contributed by atoms with Gasteiger partial charge in [0.2, 0.25) is 5.91 Å². The van der Waals surface area contributed by atoms with Crippen molar-refractivity contribution in [3.8, 4) is 0 Å². The predicted molar refractivity (Wildman–Crippen MR) is 83.8 cm³/mol. The Hall–Kier alpha value is -1.63. The molecule has 1 aromatic rings. The van der Waals surface area contributed by atoms with E-state index in [1.807, 2.05) is 0 Å². The Balaban J connectivity index is 1.91. The lowest BCUT2D eigenvalue weighted by Crippen LogP contribution is -2.44. The summed E-state index contributed by atoms with van der Waals surface area (Å²) in [5.41, 5.74) is 0.250. The summed E-state index contributed by atoms with van der Waals surface area (Å²) in [7, 11) is 0. The molecule has 6 nitrogen and oxygen atoms in total. The number of anilines is 1. The highest BCUT2D eigenvalue weighted by molar-refractivity contribution is 6.43. The first-order valence-electron chi connectivity index (χ1n) is 6.79. The lowest BCUT2D eigenvalue weighted by molar-refractivity contribution is -0.141. The van der Waals surface area contributed by atoms with Crippen molar-refractivity contribution in [2.75, 3.05) is 18.4 Å². The first-order valence-corrected chi connectivity index (χ1v) is 7.55. The summed E-state index contributed by atoms with van der Waals surface area (Å²) in [4.78, 5) is 35.4. The van der Waals surface area contributed by atoms with E-state index in [0.29, 0.717) is 17.9 Å². The van der Waals surface area contributed by atoms with Gasteiger partial charge >= 0.3 is 11.8 Å². The van der Waals surface area contributed by atoms with Crippen LogP contribution in [0.5, 0.6) is 0 Å². The summed E-state index contributed by atoms with van der Waals surface area (Å²) in [5, 5.41) is 8.19. The molecule has 1 aromatic carbocycles. The van der Waals surface area contributed by atoms with Crippen LogP contribution in [0.3, 0.4) is 0 Å². The number of carbonyl (C=O) groups excluding carboxylic acids is 3. The zero-order chi connectivity index (χ0) is 16.1. The fraction of sp³-hybridized carbons (Fsp3) is 0.357. The Labute approximate surface area is 137 Å². The number of rotatable bonds is 2. The van der Waals surface area contributed by atoms with Crippen LogP contribution in [0.2, 0.25) is 10.0 Å². The van der Waals surface area contributed by atoms with Gasteiger partial charge in [0.1, 0.15) is 0 Å². The van der Waals surface area contributed by atoms with Gasteiger partial charge in [-0.25, -0.2) is 0 Å². The average molecular weight is 344 g/mol. The van der Waals surface area contributed by atoms with E-state index >= 15 is 0 Å². The van der Waals surface area contributed by atoms with Crippen LogP contribution in [0, 0.1) is 5.92 Å². The van der Waals surface area contributed by atoms with Crippen molar-refractivity contribution in [2.45, 2.75) is 12.8 Å². The van der Waals surface area contributed by atoms with Crippen LogP contribution in [-0.4, -0.2) is 30.8 Å². The molecule has 3 N–H and O–H groups in total. The molecular weight excluding hydrogens is 329 g/mol. The van der Waals surface area contributed by atoms with Crippen molar-refractivity contribution in [3.63, 3.8) is 0 Å². The molecule has 1 heterocycles. The second kappa shape index (κ2) is 7.58. The van der Waals surface area contributed by atoms with E-state index < -0.39 is 17.7 Å². The number of benzene rings is 1. The van der Waals surface area contributed by atoms with Gasteiger partial charge in [-0.15, -0.1) is 0 Å². The van der Waals surface area contributed by atoms with Crippen LogP contribution in [-0.2, 0) is 14.4 Å². The van der Waals surface area contributed by atoms with Gasteiger partial charge in [0.05, 0.1) is 10.7 Å². The van der Waals surface area contributed by atoms with Gasteiger partial charge < -0.3 is 10.6 Å². The Morgan fingerprint density at radius 1 is 1.09 bits per heavy atom. The minimum atomic E-state index is -1.01. The fourth-order valence-electron chi connectivity index (χ4n) is 2.12. The molecule has 2 rings (SSSR count). The molecule has 1 aliphatic heterocycles. The Morgan fingerprint density at radius 3 is 2.41 bits per heavy atom. The average Bonchev–Trinajstić information content (AvgIpc) is 2.50. The van der Waals surface area contributed by atoms with Gasteiger partial charge in [0.25, 0.3) is 0 Å². The van der Waals surface area contributed by atoms with Crippen molar-refractivity contribution >= 4 is 46.6 Å². The molecule has 1 saturated heterocycles. The molecule has 118 valence electrons. The van der Waals surface area contributed by atoms with Crippen LogP contribution in [0.4, 0.5) is 5.69 Å². The molecule has 0 aliphatic carbocycles. The number of nitrogens with one attached hydrogen (secondary N) is 3. The van der Waals surface area contributed by atoms with Gasteiger partial charge in [-0.05, 0) is 44.1 Å². The van der Waals surface area contributed by atoms with Gasteiger partial charge in [-0.3, -0.25) is 19.7 Å². The molecule has 0 bridgehead atoms. The largest absolute Gasteiger partial charge is 0.317 e. The molecule has 0 radical (unpaired) electrons. The summed E-state index contributed by atoms with van der Waals surface area (Å²) >= 11 is 11.6. The molecular formula is C14H15Cl2N3O3. The van der Waals surface area contributed by atoms with Crippen molar-refractivity contribution in [2.24, 2.45) is 5.92 Å². The summed E-state index contributed by atoms with van der Waals surface area (Å²) < 4.78 is 0. The number of imide groups is 1. The van der Waals surface area contributed by atoms with Gasteiger partial charge in [0.15, 0.2) is 0 Å². The maximum atomic E-state index is 11.9. The molecule has 1 aliphatic rings. The lowest BCUT2D eigenvalue weighted by atomic mass is 9.97. The Kier molecular flexibility index (Phi) is 5.76. The summed E-state index contributed by atoms with van der Waals surface area (Å²) in [6.45, 7) is 1.44. The van der Waals surface area contributed by atoms with Gasteiger partial charge in [-0.2, -0.15) is 0 Å². The lowest BCUT2D eigenvalue weighted by Gasteiger charge is -2.21. The first kappa shape index (κ1) is 16.7. The van der Waals surface area contributed by atoms with E-state index in [-0.39, 0.29) is 16.6 Å². The van der Waals surface area contributed by atoms with Crippen LogP contribution < -0.4 is 16.0 Å². The molecule has 0 saturated carbocycles. The van der Waals surface area contributed by atoms with E-state index in [9.17, 15) is 14.4 Å². The molecule has 1 fully saturated rings. The van der Waals surface area contributed by atoms with Gasteiger partial charge in [0, 0.05) is 10.9 Å². The van der Waals surface area contributed by atoms with Crippen LogP contribution in [0.15, 0.2) is 18.2 Å². The van der Waals surface area contributed by atoms with Crippen molar-refractivity contribution in [3.05, 3.63) is 28.2 Å². The van der Waals surface area contributed by atoms with Crippen LogP contribution in [0.25, 0.3) is 0 Å². The molecule has 0 unspecified atom stereocenters. The maximum Gasteiger partial charge on any atom is 0.316 e. The molecule has 3 amide bonds. The minimum absolute atomic E-state index is 0.207. The van der Waals surface area contributed by atoms with E-state index in [1.54, 1.807) is 0 Å². The third-order valence-electron chi connectivity index (χ3n) is 3.33.